The second-order valence-electron chi connectivity index (χ2n) is 5.82. The molecule has 1 atom stereocenters. The summed E-state index contributed by atoms with van der Waals surface area (Å²) in [4.78, 5) is 16.1. The van der Waals surface area contributed by atoms with Gasteiger partial charge in [-0.15, -0.1) is 11.3 Å². The third-order valence-electron chi connectivity index (χ3n) is 4.39. The Bertz CT molecular complexity index is 940. The molecule has 1 N–H and O–H groups in total. The molecule has 1 aliphatic heterocycles. The molecule has 6 heteroatoms. The Morgan fingerprint density at radius 2 is 1.88 bits per heavy atom. The molecule has 132 valence electrons. The van der Waals surface area contributed by atoms with Crippen molar-refractivity contribution in [2.45, 2.75) is 6.17 Å². The number of carbonyl (C=O) groups is 1. The van der Waals surface area contributed by atoms with Crippen LogP contribution in [-0.2, 0) is 0 Å². The van der Waals surface area contributed by atoms with Gasteiger partial charge in [0.25, 0.3) is 5.91 Å². The Morgan fingerprint density at radius 1 is 1.04 bits per heavy atom. The van der Waals surface area contributed by atoms with Crippen LogP contribution in [-0.4, -0.2) is 20.1 Å². The SMILES string of the molecule is COc1ccc(N2C(=O)c3ccccc3NC2c2cccs2)c(OC)c1. The van der Waals surface area contributed by atoms with Gasteiger partial charge >= 0.3 is 0 Å². The predicted molar refractivity (Wildman–Crippen MR) is 103 cm³/mol. The van der Waals surface area contributed by atoms with E-state index in [1.165, 1.54) is 0 Å². The van der Waals surface area contributed by atoms with Crippen molar-refractivity contribution in [3.05, 3.63) is 70.4 Å². The fourth-order valence-electron chi connectivity index (χ4n) is 3.13. The zero-order valence-electron chi connectivity index (χ0n) is 14.4. The lowest BCUT2D eigenvalue weighted by Crippen LogP contribution is -2.43. The summed E-state index contributed by atoms with van der Waals surface area (Å²) >= 11 is 1.60. The quantitative estimate of drug-likeness (QED) is 0.737. The Kier molecular flexibility index (Phi) is 4.26. The molecule has 1 aliphatic rings. The van der Waals surface area contributed by atoms with Gasteiger partial charge in [0.05, 0.1) is 25.5 Å². The molecule has 1 aromatic heterocycles. The van der Waals surface area contributed by atoms with Crippen molar-refractivity contribution in [3.63, 3.8) is 0 Å². The Hall–Kier alpha value is -2.99. The van der Waals surface area contributed by atoms with Gasteiger partial charge in [-0.2, -0.15) is 0 Å². The van der Waals surface area contributed by atoms with Gasteiger partial charge < -0.3 is 14.8 Å². The monoisotopic (exact) mass is 366 g/mol. The van der Waals surface area contributed by atoms with Crippen LogP contribution in [0.3, 0.4) is 0 Å². The summed E-state index contributed by atoms with van der Waals surface area (Å²) in [7, 11) is 3.20. The van der Waals surface area contributed by atoms with Crippen LogP contribution >= 0.6 is 11.3 Å². The molecular formula is C20H18N2O3S. The van der Waals surface area contributed by atoms with E-state index in [9.17, 15) is 4.79 Å². The van der Waals surface area contributed by atoms with Gasteiger partial charge in [-0.25, -0.2) is 0 Å². The number of methoxy groups -OCH3 is 2. The van der Waals surface area contributed by atoms with Gasteiger partial charge in [0.1, 0.15) is 17.7 Å². The maximum absolute atomic E-state index is 13.3. The zero-order chi connectivity index (χ0) is 18.1. The normalized spacial score (nSPS) is 16.0. The fraction of sp³-hybridized carbons (Fsp3) is 0.150. The third kappa shape index (κ3) is 2.68. The van der Waals surface area contributed by atoms with E-state index in [0.29, 0.717) is 22.7 Å². The molecule has 0 saturated carbocycles. The molecule has 2 aromatic carbocycles. The van der Waals surface area contributed by atoms with Crippen LogP contribution in [0, 0.1) is 0 Å². The summed E-state index contributed by atoms with van der Waals surface area (Å²) in [6.45, 7) is 0. The summed E-state index contributed by atoms with van der Waals surface area (Å²) in [5.41, 5.74) is 2.16. The van der Waals surface area contributed by atoms with Crippen molar-refractivity contribution in [1.82, 2.24) is 0 Å². The lowest BCUT2D eigenvalue weighted by molar-refractivity contribution is 0.0974. The first-order valence-electron chi connectivity index (χ1n) is 8.17. The van der Waals surface area contributed by atoms with Crippen molar-refractivity contribution in [1.29, 1.82) is 0 Å². The van der Waals surface area contributed by atoms with Gasteiger partial charge in [-0.05, 0) is 35.7 Å². The highest BCUT2D eigenvalue weighted by atomic mass is 32.1. The minimum Gasteiger partial charge on any atom is -0.497 e. The minimum absolute atomic E-state index is 0.0683. The number of benzene rings is 2. The number of nitrogens with one attached hydrogen (secondary N) is 1. The molecule has 1 unspecified atom stereocenters. The van der Waals surface area contributed by atoms with Gasteiger partial charge in [0.2, 0.25) is 0 Å². The van der Waals surface area contributed by atoms with Crippen molar-refractivity contribution in [3.8, 4) is 11.5 Å². The molecule has 0 saturated heterocycles. The number of hydrogen-bond donors (Lipinski definition) is 1. The Labute approximate surface area is 155 Å². The highest BCUT2D eigenvalue weighted by molar-refractivity contribution is 7.10. The third-order valence-corrected chi connectivity index (χ3v) is 5.31. The minimum atomic E-state index is -0.306. The zero-order valence-corrected chi connectivity index (χ0v) is 15.2. The van der Waals surface area contributed by atoms with E-state index in [2.05, 4.69) is 5.32 Å². The molecule has 3 aromatic rings. The van der Waals surface area contributed by atoms with Crippen LogP contribution in [0.1, 0.15) is 21.4 Å². The van der Waals surface area contributed by atoms with Crippen molar-refractivity contribution in [2.75, 3.05) is 24.4 Å². The first-order chi connectivity index (χ1) is 12.7. The second-order valence-corrected chi connectivity index (χ2v) is 6.80. The maximum atomic E-state index is 13.3. The van der Waals surface area contributed by atoms with E-state index in [-0.39, 0.29) is 12.1 Å². The fourth-order valence-corrected chi connectivity index (χ4v) is 3.90. The molecule has 0 fully saturated rings. The first-order valence-corrected chi connectivity index (χ1v) is 9.05. The second kappa shape index (κ2) is 6.72. The van der Waals surface area contributed by atoms with E-state index in [4.69, 9.17) is 9.47 Å². The standard InChI is InChI=1S/C20H18N2O3S/c1-24-13-9-10-16(17(12-13)25-2)22-19(18-8-5-11-26-18)21-15-7-4-3-6-14(15)20(22)23/h3-12,19,21H,1-2H3. The molecule has 0 bridgehead atoms. The number of amides is 1. The summed E-state index contributed by atoms with van der Waals surface area (Å²) < 4.78 is 10.8. The summed E-state index contributed by atoms with van der Waals surface area (Å²) in [6, 6.07) is 17.0. The number of ether oxygens (including phenoxy) is 2. The van der Waals surface area contributed by atoms with Gasteiger partial charge in [-0.3, -0.25) is 9.69 Å². The number of carbonyl (C=O) groups excluding carboxylic acids is 1. The number of fused-ring (bicyclic) bond motifs is 1. The smallest absolute Gasteiger partial charge is 0.262 e. The highest BCUT2D eigenvalue weighted by Crippen LogP contribution is 2.42. The Balaban J connectivity index is 1.88. The highest BCUT2D eigenvalue weighted by Gasteiger charge is 2.36. The number of hydrogen-bond acceptors (Lipinski definition) is 5. The van der Waals surface area contributed by atoms with Crippen LogP contribution in [0.15, 0.2) is 60.0 Å². The summed E-state index contributed by atoms with van der Waals surface area (Å²) in [5, 5.41) is 5.49. The number of nitrogens with zero attached hydrogens (tertiary/aromatic N) is 1. The average molecular weight is 366 g/mol. The molecule has 0 spiro atoms. The molecule has 2 heterocycles. The largest absolute Gasteiger partial charge is 0.497 e. The van der Waals surface area contributed by atoms with Crippen LogP contribution < -0.4 is 19.7 Å². The van der Waals surface area contributed by atoms with Crippen LogP contribution in [0.25, 0.3) is 0 Å². The molecule has 0 aliphatic carbocycles. The first kappa shape index (κ1) is 16.5. The maximum Gasteiger partial charge on any atom is 0.262 e. The lowest BCUT2D eigenvalue weighted by atomic mass is 10.1. The summed E-state index contributed by atoms with van der Waals surface area (Å²) in [5.74, 6) is 1.19. The van der Waals surface area contributed by atoms with Gasteiger partial charge in [0, 0.05) is 16.6 Å². The number of para-hydroxylation sites is 1. The average Bonchev–Trinajstić information content (AvgIpc) is 3.22. The topological polar surface area (TPSA) is 50.8 Å². The van der Waals surface area contributed by atoms with E-state index in [1.54, 1.807) is 36.5 Å². The molecule has 26 heavy (non-hydrogen) atoms. The van der Waals surface area contributed by atoms with Gasteiger partial charge in [0.15, 0.2) is 0 Å². The number of thiophene rings is 1. The predicted octanol–water partition coefficient (Wildman–Crippen LogP) is 4.54. The molecule has 5 nitrogen and oxygen atoms in total. The number of anilines is 2. The van der Waals surface area contributed by atoms with E-state index in [0.717, 1.165) is 10.6 Å². The molecule has 0 radical (unpaired) electrons. The van der Waals surface area contributed by atoms with Crippen molar-refractivity contribution >= 4 is 28.6 Å². The van der Waals surface area contributed by atoms with E-state index >= 15 is 0 Å². The van der Waals surface area contributed by atoms with E-state index < -0.39 is 0 Å². The van der Waals surface area contributed by atoms with Crippen molar-refractivity contribution in [2.24, 2.45) is 0 Å². The van der Waals surface area contributed by atoms with E-state index in [1.807, 2.05) is 53.9 Å². The van der Waals surface area contributed by atoms with Crippen LogP contribution in [0.2, 0.25) is 0 Å². The van der Waals surface area contributed by atoms with Crippen LogP contribution in [0.4, 0.5) is 11.4 Å². The van der Waals surface area contributed by atoms with Crippen LogP contribution in [0.5, 0.6) is 11.5 Å². The molecule has 1 amide bonds. The Morgan fingerprint density at radius 3 is 2.62 bits per heavy atom. The molecular weight excluding hydrogens is 348 g/mol. The lowest BCUT2D eigenvalue weighted by Gasteiger charge is -2.38. The van der Waals surface area contributed by atoms with Crippen molar-refractivity contribution < 1.29 is 14.3 Å². The summed E-state index contributed by atoms with van der Waals surface area (Å²) in [6.07, 6.45) is -0.306. The molecule has 4 rings (SSSR count). The number of rotatable bonds is 4. The van der Waals surface area contributed by atoms with Gasteiger partial charge in [-0.1, -0.05) is 18.2 Å².